The van der Waals surface area contributed by atoms with Gasteiger partial charge in [-0.05, 0) is 15.8 Å². The molecule has 0 saturated carbocycles. The molecule has 0 radical (unpaired) electrons. The van der Waals surface area contributed by atoms with E-state index in [9.17, 15) is 10.1 Å². The van der Waals surface area contributed by atoms with E-state index in [0.29, 0.717) is 24.2 Å². The molecule has 2 aromatic heterocycles. The number of hydrogen-bond acceptors (Lipinski definition) is 6. The minimum atomic E-state index is -0.545. The molecule has 0 aliphatic heterocycles. The zero-order chi connectivity index (χ0) is 13.1. The highest BCUT2D eigenvalue weighted by Crippen LogP contribution is 2.09. The van der Waals surface area contributed by atoms with E-state index >= 15 is 0 Å². The third kappa shape index (κ3) is 2.90. The van der Waals surface area contributed by atoms with Crippen molar-refractivity contribution in [2.75, 3.05) is 0 Å². The largest absolute Gasteiger partial charge is 0.381 e. The van der Waals surface area contributed by atoms with Crippen LogP contribution in [0.15, 0.2) is 17.0 Å². The Hall–Kier alpha value is -2.25. The van der Waals surface area contributed by atoms with Crippen molar-refractivity contribution in [1.82, 2.24) is 19.7 Å². The fraction of sp³-hybridized carbons (Fsp3) is 0.500. The van der Waals surface area contributed by atoms with Crippen LogP contribution in [0.3, 0.4) is 0 Å². The molecule has 8 heteroatoms. The standard InChI is InChI=1S/C10H13N5O3/c1-7(2)3-10-12-8(13-18-10)4-14-5-9(11-6-14)15(16)17/h5-7H,3-4H2,1-2H3. The van der Waals surface area contributed by atoms with Gasteiger partial charge in [-0.2, -0.15) is 4.98 Å². The first-order valence-electron chi connectivity index (χ1n) is 5.52. The Bertz CT molecular complexity index is 545. The molecule has 0 aliphatic rings. The van der Waals surface area contributed by atoms with Gasteiger partial charge in [-0.3, -0.25) is 0 Å². The van der Waals surface area contributed by atoms with Crippen molar-refractivity contribution in [3.63, 3.8) is 0 Å². The second kappa shape index (κ2) is 4.94. The maximum atomic E-state index is 10.5. The van der Waals surface area contributed by atoms with E-state index in [1.54, 1.807) is 4.57 Å². The summed E-state index contributed by atoms with van der Waals surface area (Å²) in [6.07, 6.45) is 3.42. The van der Waals surface area contributed by atoms with Crippen molar-refractivity contribution >= 4 is 5.82 Å². The lowest BCUT2D eigenvalue weighted by Crippen LogP contribution is -1.99. The molecule has 0 amide bonds. The summed E-state index contributed by atoms with van der Waals surface area (Å²) < 4.78 is 6.62. The Morgan fingerprint density at radius 2 is 2.33 bits per heavy atom. The SMILES string of the molecule is CC(C)Cc1nc(Cn2cnc([N+](=O)[O-])c2)no1. The lowest BCUT2D eigenvalue weighted by Gasteiger charge is -1.96. The zero-order valence-electron chi connectivity index (χ0n) is 10.1. The van der Waals surface area contributed by atoms with Gasteiger partial charge in [-0.15, -0.1) is 0 Å². The Morgan fingerprint density at radius 3 is 2.94 bits per heavy atom. The van der Waals surface area contributed by atoms with Crippen LogP contribution in [0, 0.1) is 16.0 Å². The van der Waals surface area contributed by atoms with E-state index in [1.165, 1.54) is 12.5 Å². The van der Waals surface area contributed by atoms with Crippen LogP contribution in [0.2, 0.25) is 0 Å². The highest BCUT2D eigenvalue weighted by molar-refractivity contribution is 5.12. The molecule has 0 atom stereocenters. The molecule has 0 aliphatic carbocycles. The molecule has 2 rings (SSSR count). The Morgan fingerprint density at radius 1 is 1.56 bits per heavy atom. The van der Waals surface area contributed by atoms with Crippen LogP contribution in [0.25, 0.3) is 0 Å². The monoisotopic (exact) mass is 251 g/mol. The van der Waals surface area contributed by atoms with Gasteiger partial charge in [-0.25, -0.2) is 0 Å². The van der Waals surface area contributed by atoms with Gasteiger partial charge in [0.2, 0.25) is 12.2 Å². The summed E-state index contributed by atoms with van der Waals surface area (Å²) in [7, 11) is 0. The smallest absolute Gasteiger partial charge is 0.358 e. The van der Waals surface area contributed by atoms with E-state index < -0.39 is 4.92 Å². The van der Waals surface area contributed by atoms with Crippen LogP contribution < -0.4 is 0 Å². The fourth-order valence-corrected chi connectivity index (χ4v) is 1.48. The molecule has 0 unspecified atom stereocenters. The molecular weight excluding hydrogens is 238 g/mol. The number of aromatic nitrogens is 4. The zero-order valence-corrected chi connectivity index (χ0v) is 10.1. The van der Waals surface area contributed by atoms with Crippen molar-refractivity contribution in [3.05, 3.63) is 34.4 Å². The van der Waals surface area contributed by atoms with Gasteiger partial charge in [0.15, 0.2) is 5.82 Å². The van der Waals surface area contributed by atoms with Gasteiger partial charge in [0.05, 0.1) is 6.54 Å². The van der Waals surface area contributed by atoms with Crippen LogP contribution in [0.4, 0.5) is 5.82 Å². The molecule has 0 fully saturated rings. The van der Waals surface area contributed by atoms with E-state index in [1.807, 2.05) is 0 Å². The third-order valence-electron chi connectivity index (χ3n) is 2.22. The van der Waals surface area contributed by atoms with Gasteiger partial charge in [-0.1, -0.05) is 19.0 Å². The minimum absolute atomic E-state index is 0.194. The summed E-state index contributed by atoms with van der Waals surface area (Å²) in [5.41, 5.74) is 0. The van der Waals surface area contributed by atoms with Gasteiger partial charge >= 0.3 is 5.82 Å². The fourth-order valence-electron chi connectivity index (χ4n) is 1.48. The predicted molar refractivity (Wildman–Crippen MR) is 60.8 cm³/mol. The van der Waals surface area contributed by atoms with Crippen molar-refractivity contribution in [3.8, 4) is 0 Å². The van der Waals surface area contributed by atoms with E-state index in [2.05, 4.69) is 29.0 Å². The second-order valence-corrected chi connectivity index (χ2v) is 4.36. The van der Waals surface area contributed by atoms with Gasteiger partial charge in [0, 0.05) is 6.42 Å². The number of nitro groups is 1. The first kappa shape index (κ1) is 12.2. The molecule has 0 aromatic carbocycles. The summed E-state index contributed by atoms with van der Waals surface area (Å²) in [6, 6.07) is 0. The highest BCUT2D eigenvalue weighted by Gasteiger charge is 2.13. The molecule has 0 spiro atoms. The van der Waals surface area contributed by atoms with Crippen molar-refractivity contribution in [1.29, 1.82) is 0 Å². The Balaban J connectivity index is 2.04. The molecule has 18 heavy (non-hydrogen) atoms. The predicted octanol–water partition coefficient (Wildman–Crippen LogP) is 1.42. The topological polar surface area (TPSA) is 99.9 Å². The Kier molecular flexibility index (Phi) is 3.35. The molecule has 96 valence electrons. The summed E-state index contributed by atoms with van der Waals surface area (Å²) >= 11 is 0. The minimum Gasteiger partial charge on any atom is -0.358 e. The van der Waals surface area contributed by atoms with E-state index in [4.69, 9.17) is 4.52 Å². The third-order valence-corrected chi connectivity index (χ3v) is 2.22. The number of imidazole rings is 1. The summed E-state index contributed by atoms with van der Waals surface area (Å²) in [6.45, 7) is 4.43. The van der Waals surface area contributed by atoms with Crippen LogP contribution in [0.5, 0.6) is 0 Å². The molecule has 2 aromatic rings. The lowest BCUT2D eigenvalue weighted by atomic mass is 10.1. The number of hydrogen-bond donors (Lipinski definition) is 0. The molecule has 0 N–H and O–H groups in total. The number of nitrogens with zero attached hydrogens (tertiary/aromatic N) is 5. The number of rotatable bonds is 5. The Labute approximate surface area is 103 Å². The van der Waals surface area contributed by atoms with Gasteiger partial charge < -0.3 is 19.2 Å². The summed E-state index contributed by atoms with van der Waals surface area (Å²) in [5.74, 6) is 1.31. The highest BCUT2D eigenvalue weighted by atomic mass is 16.6. The van der Waals surface area contributed by atoms with Crippen LogP contribution in [0.1, 0.15) is 25.6 Å². The lowest BCUT2D eigenvalue weighted by molar-refractivity contribution is -0.389. The van der Waals surface area contributed by atoms with Crippen LogP contribution in [-0.2, 0) is 13.0 Å². The summed E-state index contributed by atoms with van der Waals surface area (Å²) in [4.78, 5) is 17.8. The van der Waals surface area contributed by atoms with Crippen molar-refractivity contribution in [2.24, 2.45) is 5.92 Å². The molecular formula is C10H13N5O3. The maximum absolute atomic E-state index is 10.5. The molecule has 8 nitrogen and oxygen atoms in total. The van der Waals surface area contributed by atoms with E-state index in [0.717, 1.165) is 6.42 Å². The first-order valence-corrected chi connectivity index (χ1v) is 5.52. The first-order chi connectivity index (χ1) is 8.54. The second-order valence-electron chi connectivity index (χ2n) is 4.36. The van der Waals surface area contributed by atoms with E-state index in [-0.39, 0.29) is 5.82 Å². The van der Waals surface area contributed by atoms with Crippen LogP contribution >= 0.6 is 0 Å². The average Bonchev–Trinajstić information content (AvgIpc) is 2.88. The van der Waals surface area contributed by atoms with Gasteiger partial charge in [0.1, 0.15) is 6.20 Å². The van der Waals surface area contributed by atoms with Gasteiger partial charge in [0.25, 0.3) is 0 Å². The molecule has 2 heterocycles. The average molecular weight is 251 g/mol. The maximum Gasteiger partial charge on any atom is 0.381 e. The molecule has 0 saturated heterocycles. The quantitative estimate of drug-likeness (QED) is 0.588. The normalized spacial score (nSPS) is 11.1. The molecule has 0 bridgehead atoms. The summed E-state index contributed by atoms with van der Waals surface area (Å²) in [5, 5.41) is 14.3. The van der Waals surface area contributed by atoms with Crippen molar-refractivity contribution in [2.45, 2.75) is 26.8 Å². The van der Waals surface area contributed by atoms with Crippen molar-refractivity contribution < 1.29 is 9.45 Å². The van der Waals surface area contributed by atoms with Crippen LogP contribution in [-0.4, -0.2) is 24.6 Å².